The van der Waals surface area contributed by atoms with Crippen molar-refractivity contribution in [3.8, 4) is 5.75 Å². The normalized spacial score (nSPS) is 16.3. The van der Waals surface area contributed by atoms with Crippen molar-refractivity contribution >= 4 is 11.9 Å². The van der Waals surface area contributed by atoms with Gasteiger partial charge in [-0.1, -0.05) is 59.9 Å². The molecule has 0 saturated heterocycles. The van der Waals surface area contributed by atoms with E-state index in [2.05, 4.69) is 46.8 Å². The van der Waals surface area contributed by atoms with E-state index in [4.69, 9.17) is 9.84 Å². The number of carboxylic acids is 1. The maximum atomic E-state index is 13.3. The zero-order chi connectivity index (χ0) is 23.5. The third kappa shape index (κ3) is 5.23. The Morgan fingerprint density at radius 2 is 1.50 bits per heavy atom. The van der Waals surface area contributed by atoms with Crippen molar-refractivity contribution in [1.29, 1.82) is 0 Å². The molecule has 32 heavy (non-hydrogen) atoms. The van der Waals surface area contributed by atoms with Gasteiger partial charge in [0.1, 0.15) is 5.75 Å². The quantitative estimate of drug-likeness (QED) is 0.273. The van der Waals surface area contributed by atoms with E-state index < -0.39 is 5.97 Å². The first-order valence-corrected chi connectivity index (χ1v) is 11.8. The maximum absolute atomic E-state index is 13.3. The van der Waals surface area contributed by atoms with Crippen LogP contribution in [0.2, 0.25) is 0 Å². The van der Waals surface area contributed by atoms with Crippen molar-refractivity contribution in [3.63, 3.8) is 0 Å². The van der Waals surface area contributed by atoms with Gasteiger partial charge in [0.2, 0.25) is 0 Å². The molecular formula is C28H36O4. The summed E-state index contributed by atoms with van der Waals surface area (Å²) in [5.41, 5.74) is 4.52. The van der Waals surface area contributed by atoms with Crippen LogP contribution in [-0.2, 0) is 17.3 Å². The Kier molecular flexibility index (Phi) is 7.12. The predicted octanol–water partition coefficient (Wildman–Crippen LogP) is 7.08. The third-order valence-electron chi connectivity index (χ3n) is 6.91. The van der Waals surface area contributed by atoms with E-state index in [0.29, 0.717) is 11.3 Å². The molecule has 0 atom stereocenters. The first-order valence-electron chi connectivity index (χ1n) is 11.8. The Balaban J connectivity index is 1.97. The molecule has 172 valence electrons. The highest BCUT2D eigenvalue weighted by atomic mass is 16.5. The lowest BCUT2D eigenvalue weighted by Gasteiger charge is -2.42. The molecule has 4 nitrogen and oxygen atoms in total. The Morgan fingerprint density at radius 1 is 0.906 bits per heavy atom. The molecule has 1 N–H and O–H groups in total. The number of ether oxygens (including phenoxy) is 1. The molecule has 0 radical (unpaired) electrons. The summed E-state index contributed by atoms with van der Waals surface area (Å²) in [6.07, 6.45) is 7.62. The Labute approximate surface area is 192 Å². The van der Waals surface area contributed by atoms with E-state index in [0.717, 1.165) is 37.7 Å². The van der Waals surface area contributed by atoms with Crippen molar-refractivity contribution < 1.29 is 19.4 Å². The first-order chi connectivity index (χ1) is 15.0. The van der Waals surface area contributed by atoms with E-state index in [1.807, 2.05) is 0 Å². The molecule has 0 spiro atoms. The fourth-order valence-electron chi connectivity index (χ4n) is 4.63. The zero-order valence-electron chi connectivity index (χ0n) is 20.1. The summed E-state index contributed by atoms with van der Waals surface area (Å²) in [6, 6.07) is 10.3. The summed E-state index contributed by atoms with van der Waals surface area (Å²) < 4.78 is 5.68. The van der Waals surface area contributed by atoms with Gasteiger partial charge in [0, 0.05) is 0 Å². The summed E-state index contributed by atoms with van der Waals surface area (Å²) in [5.74, 6) is -1.02. The van der Waals surface area contributed by atoms with Crippen LogP contribution in [-0.4, -0.2) is 17.0 Å². The van der Waals surface area contributed by atoms with Crippen LogP contribution in [0.3, 0.4) is 0 Å². The highest BCUT2D eigenvalue weighted by molar-refractivity contribution is 5.93. The molecule has 0 saturated carbocycles. The molecule has 1 aliphatic carbocycles. The standard InChI is InChI=1S/C28H36O4/c1-6-7-8-9-10-20-17-23-24(28(4,5)16-15-27(23,2)3)18-22(20)26(31)32-21-13-11-19(12-14-21)25(29)30/h11-14,17-18H,6-10,15-16H2,1-5H3,(H,29,30). The van der Waals surface area contributed by atoms with Gasteiger partial charge in [-0.3, -0.25) is 0 Å². The molecule has 2 aromatic carbocycles. The second-order valence-electron chi connectivity index (χ2n) is 10.4. The first kappa shape index (κ1) is 24.0. The predicted molar refractivity (Wildman–Crippen MR) is 128 cm³/mol. The van der Waals surface area contributed by atoms with Crippen LogP contribution < -0.4 is 4.74 Å². The van der Waals surface area contributed by atoms with E-state index >= 15 is 0 Å². The summed E-state index contributed by atoms with van der Waals surface area (Å²) in [7, 11) is 0. The number of hydrogen-bond donors (Lipinski definition) is 1. The van der Waals surface area contributed by atoms with E-state index in [1.165, 1.54) is 48.2 Å². The molecule has 0 aromatic heterocycles. The maximum Gasteiger partial charge on any atom is 0.343 e. The number of esters is 1. The van der Waals surface area contributed by atoms with Crippen molar-refractivity contribution in [1.82, 2.24) is 0 Å². The van der Waals surface area contributed by atoms with Crippen LogP contribution in [0.25, 0.3) is 0 Å². The molecule has 2 aromatic rings. The van der Waals surface area contributed by atoms with E-state index in [9.17, 15) is 9.59 Å². The number of rotatable bonds is 8. The fraction of sp³-hybridized carbons (Fsp3) is 0.500. The number of aryl methyl sites for hydroxylation is 1. The molecular weight excluding hydrogens is 400 g/mol. The average molecular weight is 437 g/mol. The Morgan fingerprint density at radius 3 is 2.06 bits per heavy atom. The molecule has 3 rings (SSSR count). The topological polar surface area (TPSA) is 63.6 Å². The molecule has 0 unspecified atom stereocenters. The second kappa shape index (κ2) is 9.48. The van der Waals surface area contributed by atoms with Crippen molar-refractivity contribution in [2.24, 2.45) is 0 Å². The summed E-state index contributed by atoms with van der Waals surface area (Å²) in [6.45, 7) is 11.3. The highest BCUT2D eigenvalue weighted by Crippen LogP contribution is 2.46. The summed E-state index contributed by atoms with van der Waals surface area (Å²) in [4.78, 5) is 24.4. The largest absolute Gasteiger partial charge is 0.478 e. The van der Waals surface area contributed by atoms with Gasteiger partial charge in [0.05, 0.1) is 11.1 Å². The molecule has 1 aliphatic rings. The molecule has 0 aliphatic heterocycles. The van der Waals surface area contributed by atoms with Gasteiger partial charge in [-0.25, -0.2) is 9.59 Å². The number of unbranched alkanes of at least 4 members (excludes halogenated alkanes) is 3. The van der Waals surface area contributed by atoms with Crippen molar-refractivity contribution in [2.45, 2.75) is 90.4 Å². The van der Waals surface area contributed by atoms with Crippen LogP contribution in [0.1, 0.15) is 111 Å². The molecule has 0 amide bonds. The summed E-state index contributed by atoms with van der Waals surface area (Å²) >= 11 is 0. The second-order valence-corrected chi connectivity index (χ2v) is 10.4. The highest BCUT2D eigenvalue weighted by Gasteiger charge is 2.38. The lowest BCUT2D eigenvalue weighted by molar-refractivity contribution is 0.0696. The van der Waals surface area contributed by atoms with Crippen molar-refractivity contribution in [2.75, 3.05) is 0 Å². The number of carbonyl (C=O) groups is 2. The number of fused-ring (bicyclic) bond motifs is 1. The van der Waals surface area contributed by atoms with Crippen LogP contribution >= 0.6 is 0 Å². The minimum atomic E-state index is -1.00. The van der Waals surface area contributed by atoms with Gasteiger partial charge < -0.3 is 9.84 Å². The van der Waals surface area contributed by atoms with E-state index in [1.54, 1.807) is 0 Å². The number of carbonyl (C=O) groups excluding carboxylic acids is 1. The minimum Gasteiger partial charge on any atom is -0.478 e. The van der Waals surface area contributed by atoms with Gasteiger partial charge in [-0.05, 0) is 83.5 Å². The minimum absolute atomic E-state index is 0.00373. The van der Waals surface area contributed by atoms with Gasteiger partial charge in [-0.15, -0.1) is 0 Å². The SMILES string of the molecule is CCCCCCc1cc2c(cc1C(=O)Oc1ccc(C(=O)O)cc1)C(C)(C)CCC2(C)C. The average Bonchev–Trinajstić information content (AvgIpc) is 2.74. The number of carboxylic acid groups (broad SMARTS) is 1. The van der Waals surface area contributed by atoms with Crippen LogP contribution in [0.5, 0.6) is 5.75 Å². The van der Waals surface area contributed by atoms with E-state index in [-0.39, 0.29) is 22.4 Å². The third-order valence-corrected chi connectivity index (χ3v) is 6.91. The van der Waals surface area contributed by atoms with Gasteiger partial charge in [0.25, 0.3) is 0 Å². The van der Waals surface area contributed by atoms with Gasteiger partial charge in [0.15, 0.2) is 0 Å². The lowest BCUT2D eigenvalue weighted by atomic mass is 9.62. The lowest BCUT2D eigenvalue weighted by Crippen LogP contribution is -2.34. The van der Waals surface area contributed by atoms with Crippen molar-refractivity contribution in [3.05, 3.63) is 64.2 Å². The Hall–Kier alpha value is -2.62. The fourth-order valence-corrected chi connectivity index (χ4v) is 4.63. The van der Waals surface area contributed by atoms with Gasteiger partial charge >= 0.3 is 11.9 Å². The number of aromatic carboxylic acids is 1. The molecule has 0 bridgehead atoms. The van der Waals surface area contributed by atoms with Crippen LogP contribution in [0.4, 0.5) is 0 Å². The van der Waals surface area contributed by atoms with Gasteiger partial charge in [-0.2, -0.15) is 0 Å². The molecule has 4 heteroatoms. The number of hydrogen-bond acceptors (Lipinski definition) is 3. The van der Waals surface area contributed by atoms with Crippen LogP contribution in [0.15, 0.2) is 36.4 Å². The number of benzene rings is 2. The molecule has 0 heterocycles. The van der Waals surface area contributed by atoms with Crippen LogP contribution in [0, 0.1) is 0 Å². The zero-order valence-corrected chi connectivity index (χ0v) is 20.1. The summed E-state index contributed by atoms with van der Waals surface area (Å²) in [5, 5.41) is 9.09. The molecule has 0 fully saturated rings. The monoisotopic (exact) mass is 436 g/mol. The Bertz CT molecular complexity index is 983. The smallest absolute Gasteiger partial charge is 0.343 e.